The van der Waals surface area contributed by atoms with E-state index in [-0.39, 0.29) is 5.11 Å². The average Bonchev–Trinajstić information content (AvgIpc) is 3.26. The molecular formula is C25H21F4N5O2S. The monoisotopic (exact) mass is 531 g/mol. The normalized spacial score (nSPS) is 11.2. The number of carbonyl (C=O) groups is 1. The minimum atomic E-state index is -1.91. The third-order valence-electron chi connectivity index (χ3n) is 5.65. The molecule has 0 aliphatic heterocycles. The third kappa shape index (κ3) is 4.96. The molecule has 4 rings (SSSR count). The molecule has 0 radical (unpaired) electrons. The van der Waals surface area contributed by atoms with Crippen LogP contribution in [0, 0.1) is 30.2 Å². The molecule has 0 spiro atoms. The molecule has 37 heavy (non-hydrogen) atoms. The Hall–Kier alpha value is -4.06. The Morgan fingerprint density at radius 2 is 1.54 bits per heavy atom. The number of hydrogen-bond donors (Lipinski definition) is 2. The number of anilines is 1. The average molecular weight is 532 g/mol. The van der Waals surface area contributed by atoms with Crippen LogP contribution < -0.4 is 15.4 Å². The molecular weight excluding hydrogens is 510 g/mol. The van der Waals surface area contributed by atoms with E-state index in [0.29, 0.717) is 28.2 Å². The molecule has 3 aromatic carbocycles. The first-order valence-corrected chi connectivity index (χ1v) is 11.4. The first kappa shape index (κ1) is 26.0. The Labute approximate surface area is 214 Å². The van der Waals surface area contributed by atoms with Gasteiger partial charge in [0.25, 0.3) is 5.91 Å². The van der Waals surface area contributed by atoms with Gasteiger partial charge in [0, 0.05) is 5.69 Å². The quantitative estimate of drug-likeness (QED) is 0.200. The van der Waals surface area contributed by atoms with Gasteiger partial charge in [-0.2, -0.15) is 13.6 Å². The number of rotatable bonds is 5. The molecule has 0 bridgehead atoms. The van der Waals surface area contributed by atoms with Crippen molar-refractivity contribution in [3.63, 3.8) is 0 Å². The van der Waals surface area contributed by atoms with Crippen LogP contribution in [0.2, 0.25) is 0 Å². The predicted molar refractivity (Wildman–Crippen MR) is 134 cm³/mol. The summed E-state index contributed by atoms with van der Waals surface area (Å²) in [5.74, 6) is -9.88. The number of methoxy groups -OCH3 is 1. The first-order valence-electron chi connectivity index (χ1n) is 11.0. The fraction of sp³-hybridized carbons (Fsp3) is 0.200. The number of nitrogens with zero attached hydrogens (tertiary/aromatic N) is 3. The molecule has 0 unspecified atom stereocenters. The van der Waals surface area contributed by atoms with Gasteiger partial charge < -0.3 is 10.1 Å². The number of aromatic nitrogens is 3. The fourth-order valence-electron chi connectivity index (χ4n) is 3.62. The van der Waals surface area contributed by atoms with Crippen LogP contribution in [0.25, 0.3) is 16.7 Å². The van der Waals surface area contributed by atoms with Crippen molar-refractivity contribution in [3.8, 4) is 11.4 Å². The van der Waals surface area contributed by atoms with Gasteiger partial charge in [-0.1, -0.05) is 26.0 Å². The lowest BCUT2D eigenvalue weighted by molar-refractivity contribution is 0.0966. The van der Waals surface area contributed by atoms with Crippen LogP contribution >= 0.6 is 12.2 Å². The SMILES string of the molecule is COc1c(F)c(F)c(C(=O)NC(=S)Nc2cc3nn(-c4ccc(C(C)C)cc4)nc3cc2C)c(F)c1F. The molecule has 1 heterocycles. The second-order valence-corrected chi connectivity index (χ2v) is 8.87. The largest absolute Gasteiger partial charge is 0.491 e. The van der Waals surface area contributed by atoms with Crippen LogP contribution in [-0.2, 0) is 0 Å². The summed E-state index contributed by atoms with van der Waals surface area (Å²) in [6.07, 6.45) is 0. The van der Waals surface area contributed by atoms with Crippen molar-refractivity contribution >= 4 is 40.0 Å². The number of hydrogen-bond acceptors (Lipinski definition) is 5. The van der Waals surface area contributed by atoms with Crippen molar-refractivity contribution in [2.75, 3.05) is 12.4 Å². The molecule has 0 saturated heterocycles. The van der Waals surface area contributed by atoms with Crippen molar-refractivity contribution in [1.82, 2.24) is 20.3 Å². The first-order chi connectivity index (χ1) is 17.5. The van der Waals surface area contributed by atoms with Crippen LogP contribution in [0.1, 0.15) is 41.3 Å². The Morgan fingerprint density at radius 1 is 0.973 bits per heavy atom. The minimum absolute atomic E-state index is 0.362. The van der Waals surface area contributed by atoms with Gasteiger partial charge in [0.05, 0.1) is 12.8 Å². The maximum absolute atomic E-state index is 14.3. The highest BCUT2D eigenvalue weighted by molar-refractivity contribution is 7.80. The molecule has 4 aromatic rings. The maximum Gasteiger partial charge on any atom is 0.263 e. The lowest BCUT2D eigenvalue weighted by Gasteiger charge is -2.13. The molecule has 0 atom stereocenters. The van der Waals surface area contributed by atoms with Gasteiger partial charge in [0.15, 0.2) is 22.5 Å². The van der Waals surface area contributed by atoms with Crippen LogP contribution in [0.3, 0.4) is 0 Å². The van der Waals surface area contributed by atoms with E-state index >= 15 is 0 Å². The van der Waals surface area contributed by atoms with Crippen molar-refractivity contribution < 1.29 is 27.1 Å². The smallest absolute Gasteiger partial charge is 0.263 e. The van der Waals surface area contributed by atoms with Crippen LogP contribution in [0.4, 0.5) is 23.2 Å². The van der Waals surface area contributed by atoms with E-state index < -0.39 is 40.5 Å². The standard InChI is InChI=1S/C25H21F4N5O2S/c1-11(2)13-5-7-14(8-6-13)34-32-16-9-12(3)15(10-17(16)33-34)30-25(37)31-24(35)18-19(26)21(28)23(36-4)22(29)20(18)27/h5-11H,1-4H3,(H2,30,31,35,37). The number of fused-ring (bicyclic) bond motifs is 1. The Kier molecular flexibility index (Phi) is 7.12. The highest BCUT2D eigenvalue weighted by Gasteiger charge is 2.30. The number of halogens is 4. The number of ether oxygens (including phenoxy) is 1. The van der Waals surface area contributed by atoms with Gasteiger partial charge in [-0.15, -0.1) is 10.2 Å². The number of benzene rings is 3. The summed E-state index contributed by atoms with van der Waals surface area (Å²) < 4.78 is 60.8. The summed E-state index contributed by atoms with van der Waals surface area (Å²) in [6.45, 7) is 5.94. The van der Waals surface area contributed by atoms with Crippen molar-refractivity contribution in [3.05, 3.63) is 76.4 Å². The Morgan fingerprint density at radius 3 is 2.08 bits per heavy atom. The molecule has 0 aliphatic rings. The zero-order valence-corrected chi connectivity index (χ0v) is 20.9. The summed E-state index contributed by atoms with van der Waals surface area (Å²) in [6, 6.07) is 11.2. The highest BCUT2D eigenvalue weighted by Crippen LogP contribution is 2.30. The number of carbonyl (C=O) groups excluding carboxylic acids is 1. The van der Waals surface area contributed by atoms with E-state index in [9.17, 15) is 22.4 Å². The van der Waals surface area contributed by atoms with Crippen LogP contribution in [-0.4, -0.2) is 33.1 Å². The molecule has 192 valence electrons. The van der Waals surface area contributed by atoms with Crippen molar-refractivity contribution in [2.24, 2.45) is 0 Å². The van der Waals surface area contributed by atoms with Gasteiger partial charge in [0.1, 0.15) is 16.6 Å². The number of thiocarbonyl (C=S) groups is 1. The molecule has 7 nitrogen and oxygen atoms in total. The molecule has 0 aliphatic carbocycles. The number of aryl methyl sites for hydroxylation is 1. The van der Waals surface area contributed by atoms with E-state index in [1.54, 1.807) is 19.1 Å². The third-order valence-corrected chi connectivity index (χ3v) is 5.85. The van der Waals surface area contributed by atoms with Crippen molar-refractivity contribution in [2.45, 2.75) is 26.7 Å². The molecule has 0 fully saturated rings. The van der Waals surface area contributed by atoms with E-state index in [1.165, 1.54) is 10.4 Å². The molecule has 1 amide bonds. The molecule has 2 N–H and O–H groups in total. The summed E-state index contributed by atoms with van der Waals surface area (Å²) in [5.41, 5.74) is 2.67. The maximum atomic E-state index is 14.3. The zero-order valence-electron chi connectivity index (χ0n) is 20.1. The fourth-order valence-corrected chi connectivity index (χ4v) is 3.82. The second-order valence-electron chi connectivity index (χ2n) is 8.46. The predicted octanol–water partition coefficient (Wildman–Crippen LogP) is 5.54. The lowest BCUT2D eigenvalue weighted by Crippen LogP contribution is -2.35. The van der Waals surface area contributed by atoms with Gasteiger partial charge in [-0.25, -0.2) is 8.78 Å². The lowest BCUT2D eigenvalue weighted by atomic mass is 10.0. The molecule has 1 aromatic heterocycles. The Balaban J connectivity index is 1.55. The van der Waals surface area contributed by atoms with Gasteiger partial charge in [-0.3, -0.25) is 10.1 Å². The van der Waals surface area contributed by atoms with Gasteiger partial charge in [0.2, 0.25) is 11.6 Å². The van der Waals surface area contributed by atoms with E-state index in [2.05, 4.69) is 34.1 Å². The zero-order chi connectivity index (χ0) is 27.0. The highest BCUT2D eigenvalue weighted by atomic mass is 32.1. The summed E-state index contributed by atoms with van der Waals surface area (Å²) in [4.78, 5) is 13.9. The molecule has 12 heteroatoms. The van der Waals surface area contributed by atoms with Gasteiger partial charge >= 0.3 is 0 Å². The Bertz CT molecular complexity index is 1510. The summed E-state index contributed by atoms with van der Waals surface area (Å²) >= 11 is 5.07. The number of amides is 1. The van der Waals surface area contributed by atoms with Gasteiger partial charge in [-0.05, 0) is 60.5 Å². The summed E-state index contributed by atoms with van der Waals surface area (Å²) in [7, 11) is 0.833. The van der Waals surface area contributed by atoms with Crippen LogP contribution in [0.15, 0.2) is 36.4 Å². The van der Waals surface area contributed by atoms with E-state index in [1.807, 2.05) is 29.6 Å². The topological polar surface area (TPSA) is 81.1 Å². The summed E-state index contributed by atoms with van der Waals surface area (Å²) in [5, 5.41) is 13.4. The molecule has 0 saturated carbocycles. The van der Waals surface area contributed by atoms with E-state index in [0.717, 1.165) is 12.8 Å². The van der Waals surface area contributed by atoms with E-state index in [4.69, 9.17) is 12.2 Å². The van der Waals surface area contributed by atoms with Crippen LogP contribution in [0.5, 0.6) is 5.75 Å². The minimum Gasteiger partial charge on any atom is -0.491 e. The van der Waals surface area contributed by atoms with Crippen molar-refractivity contribution in [1.29, 1.82) is 0 Å². The second kappa shape index (κ2) is 10.1. The number of nitrogens with one attached hydrogen (secondary N) is 2.